The van der Waals surface area contributed by atoms with Gasteiger partial charge in [-0.3, -0.25) is 0 Å². The van der Waals surface area contributed by atoms with Crippen LogP contribution in [-0.4, -0.2) is 43.7 Å². The predicted octanol–water partition coefficient (Wildman–Crippen LogP) is 3.44. The fourth-order valence-corrected chi connectivity index (χ4v) is 4.17. The number of benzene rings is 1. The molecule has 1 aromatic heterocycles. The van der Waals surface area contributed by atoms with Gasteiger partial charge in [0.05, 0.1) is 13.7 Å². The van der Waals surface area contributed by atoms with Crippen molar-refractivity contribution in [3.8, 4) is 5.75 Å². The van der Waals surface area contributed by atoms with Crippen LogP contribution in [0.15, 0.2) is 35.5 Å². The van der Waals surface area contributed by atoms with Crippen molar-refractivity contribution in [2.45, 2.75) is 45.7 Å². The Labute approximate surface area is 172 Å². The summed E-state index contributed by atoms with van der Waals surface area (Å²) in [6.07, 6.45) is 5.29. The Balaban J connectivity index is 1.62. The minimum Gasteiger partial charge on any atom is -0.497 e. The van der Waals surface area contributed by atoms with Crippen LogP contribution in [0.1, 0.15) is 36.6 Å². The predicted molar refractivity (Wildman–Crippen MR) is 118 cm³/mol. The van der Waals surface area contributed by atoms with E-state index in [4.69, 9.17) is 9.73 Å². The van der Waals surface area contributed by atoms with Crippen molar-refractivity contribution in [1.82, 2.24) is 15.6 Å². The second kappa shape index (κ2) is 10.3. The number of methoxy groups -OCH3 is 1. The van der Waals surface area contributed by atoms with Gasteiger partial charge in [0.1, 0.15) is 10.8 Å². The van der Waals surface area contributed by atoms with Crippen LogP contribution in [0.2, 0.25) is 0 Å². The molecule has 3 rings (SSSR count). The van der Waals surface area contributed by atoms with Gasteiger partial charge >= 0.3 is 0 Å². The molecule has 1 atom stereocenters. The van der Waals surface area contributed by atoms with E-state index in [2.05, 4.69) is 52.6 Å². The van der Waals surface area contributed by atoms with Gasteiger partial charge in [-0.05, 0) is 38.3 Å². The zero-order valence-corrected chi connectivity index (χ0v) is 17.9. The quantitative estimate of drug-likeness (QED) is 0.550. The molecule has 1 fully saturated rings. The zero-order chi connectivity index (χ0) is 19.8. The Morgan fingerprint density at radius 3 is 3.04 bits per heavy atom. The number of thiazole rings is 1. The molecule has 2 heterocycles. The molecule has 1 unspecified atom stereocenters. The Morgan fingerprint density at radius 2 is 2.29 bits per heavy atom. The van der Waals surface area contributed by atoms with Crippen molar-refractivity contribution in [2.24, 2.45) is 4.99 Å². The standard InChI is InChI=1S/C21H31N5OS/c1-4-19-13-23-20(28-19)14-24-21(22-5-2)25-16-8-7-11-26(15-16)17-9-6-10-18(12-17)27-3/h6,9-10,12-13,16H,4-5,7-8,11,14-15H2,1-3H3,(H2,22,24,25). The second-order valence-electron chi connectivity index (χ2n) is 6.90. The average Bonchev–Trinajstić information content (AvgIpc) is 3.20. The molecule has 0 spiro atoms. The Kier molecular flexibility index (Phi) is 7.54. The van der Waals surface area contributed by atoms with Gasteiger partial charge in [0, 0.05) is 48.5 Å². The van der Waals surface area contributed by atoms with Gasteiger partial charge in [0.25, 0.3) is 0 Å². The van der Waals surface area contributed by atoms with Crippen LogP contribution in [0.4, 0.5) is 5.69 Å². The molecule has 0 aliphatic carbocycles. The third-order valence-electron chi connectivity index (χ3n) is 4.85. The molecule has 1 aliphatic heterocycles. The summed E-state index contributed by atoms with van der Waals surface area (Å²) in [5.74, 6) is 1.77. The first-order valence-electron chi connectivity index (χ1n) is 10.1. The fourth-order valence-electron chi connectivity index (χ4n) is 3.38. The van der Waals surface area contributed by atoms with Crippen LogP contribution in [0, 0.1) is 0 Å². The summed E-state index contributed by atoms with van der Waals surface area (Å²) in [5.41, 5.74) is 1.21. The summed E-state index contributed by atoms with van der Waals surface area (Å²) in [4.78, 5) is 13.0. The first-order chi connectivity index (χ1) is 13.7. The van der Waals surface area contributed by atoms with Crippen LogP contribution < -0.4 is 20.3 Å². The van der Waals surface area contributed by atoms with Crippen molar-refractivity contribution in [3.05, 3.63) is 40.3 Å². The maximum Gasteiger partial charge on any atom is 0.191 e. The normalized spacial score (nSPS) is 17.5. The summed E-state index contributed by atoms with van der Waals surface area (Å²) in [6, 6.07) is 8.66. The number of piperidine rings is 1. The van der Waals surface area contributed by atoms with E-state index in [0.717, 1.165) is 55.6 Å². The molecule has 152 valence electrons. The third-order valence-corrected chi connectivity index (χ3v) is 5.97. The number of nitrogens with zero attached hydrogens (tertiary/aromatic N) is 3. The first-order valence-corrected chi connectivity index (χ1v) is 10.9. The summed E-state index contributed by atoms with van der Waals surface area (Å²) >= 11 is 1.75. The van der Waals surface area contributed by atoms with Gasteiger partial charge in [-0.2, -0.15) is 0 Å². The van der Waals surface area contributed by atoms with E-state index in [1.54, 1.807) is 18.4 Å². The van der Waals surface area contributed by atoms with Crippen molar-refractivity contribution >= 4 is 23.0 Å². The SMILES string of the molecule is CCNC(=NCc1ncc(CC)s1)NC1CCCN(c2cccc(OC)c2)C1. The number of aliphatic imine (C=N–C) groups is 1. The number of hydrogen-bond acceptors (Lipinski definition) is 5. The van der Waals surface area contributed by atoms with E-state index in [1.165, 1.54) is 10.6 Å². The molecule has 0 radical (unpaired) electrons. The maximum atomic E-state index is 5.38. The van der Waals surface area contributed by atoms with Crippen molar-refractivity contribution in [2.75, 3.05) is 31.6 Å². The lowest BCUT2D eigenvalue weighted by Gasteiger charge is -2.35. The van der Waals surface area contributed by atoms with Gasteiger partial charge in [0.15, 0.2) is 5.96 Å². The number of rotatable bonds is 7. The van der Waals surface area contributed by atoms with E-state index in [1.807, 2.05) is 12.3 Å². The van der Waals surface area contributed by atoms with Gasteiger partial charge in [0.2, 0.25) is 0 Å². The number of anilines is 1. The summed E-state index contributed by atoms with van der Waals surface area (Å²) in [5, 5.41) is 8.06. The summed E-state index contributed by atoms with van der Waals surface area (Å²) < 4.78 is 5.38. The molecule has 1 aromatic carbocycles. The van der Waals surface area contributed by atoms with Gasteiger partial charge in [-0.1, -0.05) is 13.0 Å². The van der Waals surface area contributed by atoms with Gasteiger partial charge < -0.3 is 20.3 Å². The molecule has 2 aromatic rings. The molecule has 0 saturated carbocycles. The van der Waals surface area contributed by atoms with E-state index in [-0.39, 0.29) is 0 Å². The number of nitrogens with one attached hydrogen (secondary N) is 2. The number of ether oxygens (including phenoxy) is 1. The highest BCUT2D eigenvalue weighted by Gasteiger charge is 2.21. The number of aromatic nitrogens is 1. The number of aryl methyl sites for hydroxylation is 1. The molecule has 28 heavy (non-hydrogen) atoms. The largest absolute Gasteiger partial charge is 0.497 e. The minimum atomic E-state index is 0.361. The topological polar surface area (TPSA) is 61.8 Å². The highest BCUT2D eigenvalue weighted by molar-refractivity contribution is 7.11. The van der Waals surface area contributed by atoms with Gasteiger partial charge in [-0.15, -0.1) is 11.3 Å². The van der Waals surface area contributed by atoms with E-state index in [0.29, 0.717) is 12.6 Å². The minimum absolute atomic E-state index is 0.361. The van der Waals surface area contributed by atoms with Crippen molar-refractivity contribution < 1.29 is 4.74 Å². The first kappa shape index (κ1) is 20.5. The Hall–Kier alpha value is -2.28. The second-order valence-corrected chi connectivity index (χ2v) is 8.10. The van der Waals surface area contributed by atoms with Gasteiger partial charge in [-0.25, -0.2) is 9.98 Å². The molecule has 1 saturated heterocycles. The average molecular weight is 402 g/mol. The summed E-state index contributed by atoms with van der Waals surface area (Å²) in [6.45, 7) is 7.73. The van der Waals surface area contributed by atoms with Crippen LogP contribution in [0.25, 0.3) is 0 Å². The number of hydrogen-bond donors (Lipinski definition) is 2. The lowest BCUT2D eigenvalue weighted by atomic mass is 10.0. The molecule has 2 N–H and O–H groups in total. The zero-order valence-electron chi connectivity index (χ0n) is 17.1. The van der Waals surface area contributed by atoms with E-state index in [9.17, 15) is 0 Å². The van der Waals surface area contributed by atoms with Crippen LogP contribution in [-0.2, 0) is 13.0 Å². The highest BCUT2D eigenvalue weighted by atomic mass is 32.1. The Bertz CT molecular complexity index is 776. The van der Waals surface area contributed by atoms with Crippen molar-refractivity contribution in [3.63, 3.8) is 0 Å². The molecule has 0 bridgehead atoms. The molecular formula is C21H31N5OS. The van der Waals surface area contributed by atoms with Crippen LogP contribution >= 0.6 is 11.3 Å². The molecule has 6 nitrogen and oxygen atoms in total. The van der Waals surface area contributed by atoms with E-state index < -0.39 is 0 Å². The smallest absolute Gasteiger partial charge is 0.191 e. The van der Waals surface area contributed by atoms with Crippen LogP contribution in [0.3, 0.4) is 0 Å². The Morgan fingerprint density at radius 1 is 1.39 bits per heavy atom. The molecule has 7 heteroatoms. The maximum absolute atomic E-state index is 5.38. The molecular weight excluding hydrogens is 370 g/mol. The monoisotopic (exact) mass is 401 g/mol. The lowest BCUT2D eigenvalue weighted by molar-refractivity contribution is 0.414. The lowest BCUT2D eigenvalue weighted by Crippen LogP contribution is -2.51. The van der Waals surface area contributed by atoms with Crippen LogP contribution in [0.5, 0.6) is 5.75 Å². The number of guanidine groups is 1. The fraction of sp³-hybridized carbons (Fsp3) is 0.524. The highest BCUT2D eigenvalue weighted by Crippen LogP contribution is 2.24. The summed E-state index contributed by atoms with van der Waals surface area (Å²) in [7, 11) is 1.71. The van der Waals surface area contributed by atoms with E-state index >= 15 is 0 Å². The third kappa shape index (κ3) is 5.61. The molecule has 1 aliphatic rings. The molecule has 0 amide bonds. The van der Waals surface area contributed by atoms with Crippen molar-refractivity contribution in [1.29, 1.82) is 0 Å².